The van der Waals surface area contributed by atoms with Gasteiger partial charge < -0.3 is 127 Å². The van der Waals surface area contributed by atoms with Gasteiger partial charge in [0.05, 0.1) is 83.1 Å². The summed E-state index contributed by atoms with van der Waals surface area (Å²) in [6, 6.07) is -1.25. The standard InChI is InChI=1S/C42H79N3O12.C38H72N2O12/c1-18-30-41(10)36(56-42(11,57-41)44(14)15)27(6)45(16)22-23(2)20-39(8,49)35(55-38-32(46)29(43(12)13)19-24(3)51-38)25(4)33(26(5)37(48)53-30)54-31-21-40(9,50-17)34(47)28(7)52-31;1-15-27-38(10,46)31(42)24(6)40(13)19-20(2)17-36(8,45)33(52-35-29(41)26(39(11)12)16-21(3)48-35)22(4)30(23(5)34(44)50-27)51-28-18-37(9,47-14)32(43)25(7)49-28/h23-36,38,46-47,49H,18-22H2,1-17H3;20-33,35,41-43,45-46H,15-19H2,1-14H3/t23-,24-,25+,26-,27-,28+,29+,30-,31+,32-,33+,34+,35-,36-,38+,39-,40-,41-,42?;20-,21-,22+,23-,24-,25+,26+,27-,28+,29-,30+,31-,32+,33-,35+,36-,37-,38-/m11/s1. The number of fused-ring (bicyclic) bond motifs is 1. The van der Waals surface area contributed by atoms with Crippen molar-refractivity contribution in [1.82, 2.24) is 24.5 Å². The zero-order valence-electron chi connectivity index (χ0n) is 72.2. The normalized spacial score (nSPS) is 49.8. The van der Waals surface area contributed by atoms with Crippen LogP contribution < -0.4 is 0 Å². The van der Waals surface area contributed by atoms with Crippen LogP contribution in [0.4, 0.5) is 0 Å². The molecule has 7 fully saturated rings. The number of aliphatic hydroxyl groups excluding tert-OH is 5. The van der Waals surface area contributed by atoms with Crippen molar-refractivity contribution in [1.29, 1.82) is 0 Å². The van der Waals surface area contributed by atoms with Crippen LogP contribution in [0.25, 0.3) is 0 Å². The number of methoxy groups -OCH3 is 2. The molecule has 7 rings (SSSR count). The summed E-state index contributed by atoms with van der Waals surface area (Å²) in [5.41, 5.74) is -7.94. The maximum absolute atomic E-state index is 14.7. The summed E-state index contributed by atoms with van der Waals surface area (Å²) in [5.74, 6) is -5.88. The summed E-state index contributed by atoms with van der Waals surface area (Å²) in [7, 11) is 18.3. The highest BCUT2D eigenvalue weighted by atomic mass is 16.8. The summed E-state index contributed by atoms with van der Waals surface area (Å²) in [6.07, 6.45) is -14.7. The van der Waals surface area contributed by atoms with E-state index in [4.69, 9.17) is 66.3 Å². The number of carbonyl (C=O) groups is 2. The fraction of sp³-hybridized carbons (Fsp3) is 0.975. The molecule has 0 aromatic heterocycles. The molecule has 7 heterocycles. The highest BCUT2D eigenvalue weighted by Crippen LogP contribution is 2.47. The first-order valence-electron chi connectivity index (χ1n) is 40.3. The van der Waals surface area contributed by atoms with E-state index >= 15 is 0 Å². The lowest BCUT2D eigenvalue weighted by atomic mass is 9.77. The van der Waals surface area contributed by atoms with Gasteiger partial charge >= 0.3 is 11.9 Å². The molecule has 7 aliphatic heterocycles. The van der Waals surface area contributed by atoms with Gasteiger partial charge in [0.15, 0.2) is 25.2 Å². The number of cyclic esters (lactones) is 2. The molecule has 29 nitrogen and oxygen atoms in total. The minimum atomic E-state index is -1.80. The van der Waals surface area contributed by atoms with Gasteiger partial charge in [-0.2, -0.15) is 0 Å². The van der Waals surface area contributed by atoms with Gasteiger partial charge in [-0.15, -0.1) is 0 Å². The van der Waals surface area contributed by atoms with Crippen LogP contribution in [0.15, 0.2) is 0 Å². The first-order valence-corrected chi connectivity index (χ1v) is 40.3. The van der Waals surface area contributed by atoms with E-state index in [1.165, 1.54) is 21.1 Å². The molecule has 0 radical (unpaired) electrons. The minimum absolute atomic E-state index is 0.0570. The molecule has 0 saturated carbocycles. The number of aliphatic hydroxyl groups is 8. The molecule has 0 aromatic carbocycles. The van der Waals surface area contributed by atoms with Crippen LogP contribution in [0.3, 0.4) is 0 Å². The molecule has 29 heteroatoms. The quantitative estimate of drug-likeness (QED) is 0.0989. The zero-order chi connectivity index (χ0) is 82.8. The Hall–Kier alpha value is -2.06. The van der Waals surface area contributed by atoms with E-state index in [0.29, 0.717) is 38.8 Å². The number of nitrogens with zero attached hydrogens (tertiary/aromatic N) is 5. The SMILES string of the molecule is CC[C@H]1OC(=O)[C@H](C)[C@@H](O[C@H]2C[C@@](C)(OC)[C@@H](O)[C@H](C)O2)[C@H](C)[C@@H](O[C@@H]2O[C@H](C)C[C@H](N(C)C)[C@H]2O)[C@](C)(O)C[C@@H](C)CN(C)[C@H](C)[C@@H](O)[C@]1(C)O.CC[C@H]1OC(=O)[C@H](C)[C@@H](O[C@H]2C[C@@](C)(OC)[C@@H](O)[C@H](C)O2)[C@H](C)[C@@H](O[C@@H]2O[C@H](C)C[C@H](N(C)C)[C@H]2O)[C@](C)(O)C[C@@H](C)CN(C)[C@H](C)[C@H]2OC(C)(N(C)C)O[C@@]21C. The largest absolute Gasteiger partial charge is 0.459 e. The molecule has 109 heavy (non-hydrogen) atoms. The molecular weight excluding hydrogens is 1410 g/mol. The molecule has 0 spiro atoms. The third-order valence-electron chi connectivity index (χ3n) is 25.9. The van der Waals surface area contributed by atoms with Gasteiger partial charge in [0.1, 0.15) is 60.0 Å². The molecular formula is C80H151N5O24. The fourth-order valence-corrected chi connectivity index (χ4v) is 18.6. The summed E-state index contributed by atoms with van der Waals surface area (Å²) in [6.45, 7) is 39.5. The Morgan fingerprint density at radius 1 is 0.505 bits per heavy atom. The van der Waals surface area contributed by atoms with E-state index in [1.807, 2.05) is 131 Å². The molecule has 7 aliphatic rings. The lowest BCUT2D eigenvalue weighted by Crippen LogP contribution is -2.60. The van der Waals surface area contributed by atoms with Crippen molar-refractivity contribution in [3.8, 4) is 0 Å². The molecule has 0 bridgehead atoms. The Kier molecular flexibility index (Phi) is 33.5. The van der Waals surface area contributed by atoms with Crippen LogP contribution in [0, 0.1) is 35.5 Å². The van der Waals surface area contributed by atoms with E-state index in [1.54, 1.807) is 69.2 Å². The Morgan fingerprint density at radius 2 is 0.872 bits per heavy atom. The smallest absolute Gasteiger partial charge is 0.311 e. The van der Waals surface area contributed by atoms with E-state index < -0.39 is 192 Å². The molecule has 8 N–H and O–H groups in total. The topological polar surface area (TPSA) is 341 Å². The first kappa shape index (κ1) is 95.8. The number of carbonyl (C=O) groups excluding carboxylic acids is 2. The fourth-order valence-electron chi connectivity index (χ4n) is 18.6. The van der Waals surface area contributed by atoms with Gasteiger partial charge in [0, 0.05) is 83.1 Å². The average Bonchev–Trinajstić information content (AvgIpc) is 1.60. The highest BCUT2D eigenvalue weighted by Gasteiger charge is 2.62. The monoisotopic (exact) mass is 1570 g/mol. The van der Waals surface area contributed by atoms with Crippen LogP contribution in [0.5, 0.6) is 0 Å². The average molecular weight is 1570 g/mol. The minimum Gasteiger partial charge on any atom is -0.459 e. The molecule has 1 unspecified atom stereocenters. The van der Waals surface area contributed by atoms with Crippen molar-refractivity contribution in [2.45, 2.75) is 383 Å². The summed E-state index contributed by atoms with van der Waals surface area (Å²) in [4.78, 5) is 38.8. The van der Waals surface area contributed by atoms with Gasteiger partial charge in [-0.25, -0.2) is 0 Å². The van der Waals surface area contributed by atoms with E-state index in [9.17, 15) is 50.4 Å². The molecule has 7 saturated heterocycles. The second-order valence-electron chi connectivity index (χ2n) is 36.3. The van der Waals surface area contributed by atoms with Crippen LogP contribution in [-0.4, -0.2) is 347 Å². The lowest BCUT2D eigenvalue weighted by Gasteiger charge is -2.48. The van der Waals surface area contributed by atoms with Gasteiger partial charge in [-0.05, 0) is 204 Å². The maximum atomic E-state index is 14.7. The summed E-state index contributed by atoms with van der Waals surface area (Å²) < 4.78 is 89.7. The first-order chi connectivity index (χ1) is 50.2. The van der Waals surface area contributed by atoms with Crippen molar-refractivity contribution in [2.24, 2.45) is 35.5 Å². The van der Waals surface area contributed by atoms with Gasteiger partial charge in [0.25, 0.3) is 0 Å². The Balaban J connectivity index is 0.000000342. The van der Waals surface area contributed by atoms with Crippen molar-refractivity contribution in [3.05, 3.63) is 0 Å². The van der Waals surface area contributed by atoms with Gasteiger partial charge in [-0.1, -0.05) is 41.5 Å². The second-order valence-corrected chi connectivity index (χ2v) is 36.3. The summed E-state index contributed by atoms with van der Waals surface area (Å²) in [5, 5.41) is 93.5. The number of likely N-dealkylation sites (N-methyl/N-ethyl adjacent to an activating group) is 4. The van der Waals surface area contributed by atoms with Gasteiger partial charge in [-0.3, -0.25) is 14.5 Å². The maximum Gasteiger partial charge on any atom is 0.311 e. The molecule has 640 valence electrons. The van der Waals surface area contributed by atoms with Gasteiger partial charge in [0.2, 0.25) is 5.91 Å². The number of esters is 2. The highest BCUT2D eigenvalue weighted by molar-refractivity contribution is 5.73. The Labute approximate surface area is 653 Å². The molecule has 0 amide bonds. The van der Waals surface area contributed by atoms with Crippen molar-refractivity contribution in [2.75, 3.05) is 83.7 Å². The zero-order valence-corrected chi connectivity index (χ0v) is 72.2. The third-order valence-corrected chi connectivity index (χ3v) is 25.9. The van der Waals surface area contributed by atoms with E-state index in [-0.39, 0.29) is 67.9 Å². The van der Waals surface area contributed by atoms with Crippen molar-refractivity contribution >= 4 is 11.9 Å². The van der Waals surface area contributed by atoms with Crippen LogP contribution >= 0.6 is 0 Å². The van der Waals surface area contributed by atoms with Crippen molar-refractivity contribution < 1.29 is 117 Å². The predicted octanol–water partition coefficient (Wildman–Crippen LogP) is 5.10. The molecule has 0 aliphatic carbocycles. The van der Waals surface area contributed by atoms with Crippen LogP contribution in [-0.2, 0) is 75.9 Å². The Bertz CT molecular complexity index is 2840. The Morgan fingerprint density at radius 3 is 1.22 bits per heavy atom. The molecule has 0 aromatic rings. The summed E-state index contributed by atoms with van der Waals surface area (Å²) >= 11 is 0. The lowest BCUT2D eigenvalue weighted by molar-refractivity contribution is -0.318. The number of hydrogen-bond acceptors (Lipinski definition) is 29. The van der Waals surface area contributed by atoms with E-state index in [2.05, 4.69) is 18.7 Å². The van der Waals surface area contributed by atoms with Crippen LogP contribution in [0.1, 0.15) is 197 Å². The second kappa shape index (κ2) is 38.1. The molecule has 37 atom stereocenters. The third kappa shape index (κ3) is 21.8. The van der Waals surface area contributed by atoms with Crippen molar-refractivity contribution in [3.63, 3.8) is 0 Å². The number of rotatable bonds is 15. The predicted molar refractivity (Wildman–Crippen MR) is 408 cm³/mol. The van der Waals surface area contributed by atoms with E-state index in [0.717, 1.165) is 0 Å². The van der Waals surface area contributed by atoms with Crippen LogP contribution in [0.2, 0.25) is 0 Å². The number of ether oxygens (including phenoxy) is 14. The number of hydrogen-bond donors (Lipinski definition) is 8.